The van der Waals surface area contributed by atoms with Gasteiger partial charge in [-0.05, 0) is 76.8 Å². The lowest BCUT2D eigenvalue weighted by molar-refractivity contribution is -0.117. The normalized spacial score (nSPS) is 10.9. The van der Waals surface area contributed by atoms with Gasteiger partial charge in [-0.3, -0.25) is 4.79 Å². The molecule has 0 aliphatic heterocycles. The molecule has 0 bridgehead atoms. The molecule has 35 heavy (non-hydrogen) atoms. The molecule has 0 radical (unpaired) electrons. The van der Waals surface area contributed by atoms with E-state index in [0.717, 1.165) is 22.4 Å². The second-order valence-electron chi connectivity index (χ2n) is 7.74. The van der Waals surface area contributed by atoms with Crippen LogP contribution in [0.5, 0.6) is 17.2 Å². The summed E-state index contributed by atoms with van der Waals surface area (Å²) in [5, 5.41) is 12.4. The summed E-state index contributed by atoms with van der Waals surface area (Å²) in [6.07, 6.45) is 1.53. The number of methoxy groups -OCH3 is 1. The standard InChI is InChI=1S/C28H27BrN2O4/c1-4-34-26-15-22(14-25(29)27(26)35-18-21-7-5-6-19(2)12-21)13-23(16-30)28(32)31-17-20-8-10-24(33-3)11-9-20/h5-15H,4,17-18H2,1-3H3,(H,31,32)/b23-13-. The number of carbonyl (C=O) groups is 1. The number of nitrogens with zero attached hydrogens (tertiary/aromatic N) is 1. The Bertz CT molecular complexity index is 1250. The number of nitriles is 1. The van der Waals surface area contributed by atoms with E-state index in [0.29, 0.717) is 41.3 Å². The lowest BCUT2D eigenvalue weighted by Gasteiger charge is -2.15. The molecule has 0 atom stereocenters. The van der Waals surface area contributed by atoms with E-state index >= 15 is 0 Å². The van der Waals surface area contributed by atoms with E-state index in [1.165, 1.54) is 6.08 Å². The maximum absolute atomic E-state index is 12.6. The van der Waals surface area contributed by atoms with Crippen molar-refractivity contribution in [2.45, 2.75) is 27.0 Å². The Balaban J connectivity index is 1.76. The minimum absolute atomic E-state index is 0.0127. The summed E-state index contributed by atoms with van der Waals surface area (Å²) < 4.78 is 17.7. The zero-order valence-electron chi connectivity index (χ0n) is 19.9. The maximum atomic E-state index is 12.6. The van der Waals surface area contributed by atoms with Crippen molar-refractivity contribution in [2.24, 2.45) is 0 Å². The molecule has 0 aliphatic carbocycles. The summed E-state index contributed by atoms with van der Waals surface area (Å²) in [5.74, 6) is 1.36. The fourth-order valence-corrected chi connectivity index (χ4v) is 3.94. The molecule has 0 saturated carbocycles. The van der Waals surface area contributed by atoms with Crippen LogP contribution in [0, 0.1) is 18.3 Å². The van der Waals surface area contributed by atoms with Gasteiger partial charge < -0.3 is 19.5 Å². The molecule has 1 N–H and O–H groups in total. The fourth-order valence-electron chi connectivity index (χ4n) is 3.37. The second kappa shape index (κ2) is 12.6. The number of benzene rings is 3. The number of amides is 1. The number of hydrogen-bond acceptors (Lipinski definition) is 5. The average Bonchev–Trinajstić information content (AvgIpc) is 2.86. The van der Waals surface area contributed by atoms with Gasteiger partial charge in [0.1, 0.15) is 24.0 Å². The van der Waals surface area contributed by atoms with Gasteiger partial charge in [0.2, 0.25) is 0 Å². The summed E-state index contributed by atoms with van der Waals surface area (Å²) in [7, 11) is 1.60. The molecule has 3 rings (SSSR count). The monoisotopic (exact) mass is 534 g/mol. The van der Waals surface area contributed by atoms with Crippen LogP contribution < -0.4 is 19.5 Å². The largest absolute Gasteiger partial charge is 0.497 e. The van der Waals surface area contributed by atoms with Crippen molar-refractivity contribution in [3.8, 4) is 23.3 Å². The Kier molecular flexibility index (Phi) is 9.33. The van der Waals surface area contributed by atoms with E-state index in [2.05, 4.69) is 27.3 Å². The Hall–Kier alpha value is -3.76. The molecular weight excluding hydrogens is 508 g/mol. The number of ether oxygens (including phenoxy) is 3. The molecule has 0 aromatic heterocycles. The molecule has 0 fully saturated rings. The molecular formula is C28H27BrN2O4. The molecule has 3 aromatic rings. The molecule has 7 heteroatoms. The van der Waals surface area contributed by atoms with Gasteiger partial charge in [0.05, 0.1) is 18.2 Å². The van der Waals surface area contributed by atoms with Crippen molar-refractivity contribution < 1.29 is 19.0 Å². The first kappa shape index (κ1) is 25.9. The van der Waals surface area contributed by atoms with Crippen LogP contribution in [-0.2, 0) is 17.9 Å². The molecule has 180 valence electrons. The Morgan fingerprint density at radius 3 is 2.51 bits per heavy atom. The predicted molar refractivity (Wildman–Crippen MR) is 139 cm³/mol. The number of nitrogens with one attached hydrogen (secondary N) is 1. The van der Waals surface area contributed by atoms with Crippen LogP contribution >= 0.6 is 15.9 Å². The highest BCUT2D eigenvalue weighted by Gasteiger charge is 2.15. The Labute approximate surface area is 214 Å². The van der Waals surface area contributed by atoms with E-state index in [-0.39, 0.29) is 5.57 Å². The van der Waals surface area contributed by atoms with E-state index < -0.39 is 5.91 Å². The lowest BCUT2D eigenvalue weighted by Crippen LogP contribution is -2.23. The molecule has 0 heterocycles. The number of carbonyl (C=O) groups excluding carboxylic acids is 1. The average molecular weight is 535 g/mol. The number of hydrogen-bond donors (Lipinski definition) is 1. The first-order valence-electron chi connectivity index (χ1n) is 11.1. The molecule has 0 spiro atoms. The highest BCUT2D eigenvalue weighted by atomic mass is 79.9. The molecule has 0 aliphatic rings. The van der Waals surface area contributed by atoms with E-state index in [1.807, 2.05) is 62.4 Å². The summed E-state index contributed by atoms with van der Waals surface area (Å²) in [4.78, 5) is 12.6. The predicted octanol–water partition coefficient (Wildman–Crippen LogP) is 5.97. The lowest BCUT2D eigenvalue weighted by atomic mass is 10.1. The van der Waals surface area contributed by atoms with Crippen molar-refractivity contribution >= 4 is 27.9 Å². The van der Waals surface area contributed by atoms with Crippen LogP contribution in [0.4, 0.5) is 0 Å². The minimum Gasteiger partial charge on any atom is -0.497 e. The highest BCUT2D eigenvalue weighted by Crippen LogP contribution is 2.38. The van der Waals surface area contributed by atoms with Crippen molar-refractivity contribution in [2.75, 3.05) is 13.7 Å². The third-order valence-electron chi connectivity index (χ3n) is 5.09. The smallest absolute Gasteiger partial charge is 0.262 e. The van der Waals surface area contributed by atoms with Gasteiger partial charge >= 0.3 is 0 Å². The Morgan fingerprint density at radius 2 is 1.86 bits per heavy atom. The van der Waals surface area contributed by atoms with E-state index in [1.54, 1.807) is 19.2 Å². The third-order valence-corrected chi connectivity index (χ3v) is 5.67. The third kappa shape index (κ3) is 7.36. The number of halogens is 1. The van der Waals surface area contributed by atoms with Gasteiger partial charge in [0, 0.05) is 6.54 Å². The zero-order valence-corrected chi connectivity index (χ0v) is 21.5. The highest BCUT2D eigenvalue weighted by molar-refractivity contribution is 9.10. The van der Waals surface area contributed by atoms with Crippen LogP contribution in [0.3, 0.4) is 0 Å². The summed E-state index contributed by atoms with van der Waals surface area (Å²) in [6, 6.07) is 21.0. The first-order valence-corrected chi connectivity index (χ1v) is 11.9. The molecule has 1 amide bonds. The zero-order chi connectivity index (χ0) is 25.2. The number of rotatable bonds is 10. The summed E-state index contributed by atoms with van der Waals surface area (Å²) >= 11 is 3.55. The SMILES string of the molecule is CCOc1cc(/C=C(/C#N)C(=O)NCc2ccc(OC)cc2)cc(Br)c1OCc1cccc(C)c1. The van der Waals surface area contributed by atoms with Gasteiger partial charge in [-0.1, -0.05) is 42.0 Å². The second-order valence-corrected chi connectivity index (χ2v) is 8.60. The van der Waals surface area contributed by atoms with Crippen LogP contribution in [-0.4, -0.2) is 19.6 Å². The topological polar surface area (TPSA) is 80.6 Å². The molecule has 3 aromatic carbocycles. The summed E-state index contributed by atoms with van der Waals surface area (Å²) in [6.45, 7) is 5.03. The van der Waals surface area contributed by atoms with E-state index in [9.17, 15) is 10.1 Å². The molecule has 0 unspecified atom stereocenters. The van der Waals surface area contributed by atoms with Crippen LogP contribution in [0.2, 0.25) is 0 Å². The summed E-state index contributed by atoms with van der Waals surface area (Å²) in [5.41, 5.74) is 3.72. The minimum atomic E-state index is -0.461. The van der Waals surface area contributed by atoms with Crippen LogP contribution in [0.15, 0.2) is 70.7 Å². The van der Waals surface area contributed by atoms with Crippen molar-refractivity contribution in [3.05, 3.63) is 93.0 Å². The van der Waals surface area contributed by atoms with Gasteiger partial charge in [0.15, 0.2) is 11.5 Å². The van der Waals surface area contributed by atoms with Gasteiger partial charge in [-0.15, -0.1) is 0 Å². The van der Waals surface area contributed by atoms with Gasteiger partial charge in [-0.2, -0.15) is 5.26 Å². The van der Waals surface area contributed by atoms with Gasteiger partial charge in [-0.25, -0.2) is 0 Å². The first-order chi connectivity index (χ1) is 16.9. The number of aryl methyl sites for hydroxylation is 1. The van der Waals surface area contributed by atoms with Crippen LogP contribution in [0.25, 0.3) is 6.08 Å². The molecule has 6 nitrogen and oxygen atoms in total. The Morgan fingerprint density at radius 1 is 1.09 bits per heavy atom. The van der Waals surface area contributed by atoms with Crippen LogP contribution in [0.1, 0.15) is 29.2 Å². The quantitative estimate of drug-likeness (QED) is 0.256. The fraction of sp³-hybridized carbons (Fsp3) is 0.214. The van der Waals surface area contributed by atoms with Crippen molar-refractivity contribution in [1.29, 1.82) is 5.26 Å². The maximum Gasteiger partial charge on any atom is 0.262 e. The van der Waals surface area contributed by atoms with E-state index in [4.69, 9.17) is 14.2 Å². The van der Waals surface area contributed by atoms with Gasteiger partial charge in [0.25, 0.3) is 5.91 Å². The molecule has 0 saturated heterocycles. The van der Waals surface area contributed by atoms with Crippen molar-refractivity contribution in [1.82, 2.24) is 5.32 Å². The van der Waals surface area contributed by atoms with Crippen molar-refractivity contribution in [3.63, 3.8) is 0 Å².